The van der Waals surface area contributed by atoms with E-state index in [-0.39, 0.29) is 17.8 Å². The van der Waals surface area contributed by atoms with E-state index < -0.39 is 23.7 Å². The first kappa shape index (κ1) is 21.7. The van der Waals surface area contributed by atoms with Crippen LogP contribution in [0.15, 0.2) is 53.6 Å². The Labute approximate surface area is 195 Å². The molecule has 0 saturated heterocycles. The van der Waals surface area contributed by atoms with E-state index in [9.17, 15) is 14.0 Å². The maximum absolute atomic E-state index is 14.6. The molecule has 0 spiro atoms. The summed E-state index contributed by atoms with van der Waals surface area (Å²) in [5.74, 6) is -0.217. The molecule has 0 bridgehead atoms. The van der Waals surface area contributed by atoms with Crippen molar-refractivity contribution in [3.8, 4) is 11.4 Å². The fourth-order valence-electron chi connectivity index (χ4n) is 4.34. The summed E-state index contributed by atoms with van der Waals surface area (Å²) in [6, 6.07) is 12.6. The molecular formula is C24H24FN7O2. The predicted octanol–water partition coefficient (Wildman–Crippen LogP) is 2.87. The monoisotopic (exact) mass is 461 g/mol. The number of halogens is 1. The number of nitrogens with one attached hydrogen (secondary N) is 1. The number of hydrogen-bond acceptors (Lipinski definition) is 6. The number of carbonyl (C=O) groups is 2. The average Bonchev–Trinajstić information content (AvgIpc) is 3.40. The molecule has 10 heteroatoms. The van der Waals surface area contributed by atoms with Gasteiger partial charge in [0.15, 0.2) is 5.82 Å². The number of anilines is 2. The molecule has 5 rings (SSSR count). The van der Waals surface area contributed by atoms with Crippen molar-refractivity contribution in [3.05, 3.63) is 60.2 Å². The number of nitrogens with two attached hydrogens (primary N) is 1. The molecule has 2 aromatic carbocycles. The third kappa shape index (κ3) is 4.14. The van der Waals surface area contributed by atoms with Gasteiger partial charge in [-0.05, 0) is 43.2 Å². The zero-order chi connectivity index (χ0) is 23.7. The number of aromatic nitrogens is 3. The maximum Gasteiger partial charge on any atom is 0.272 e. The van der Waals surface area contributed by atoms with Crippen molar-refractivity contribution < 1.29 is 14.0 Å². The summed E-state index contributed by atoms with van der Waals surface area (Å²) in [7, 11) is 0. The summed E-state index contributed by atoms with van der Waals surface area (Å²) in [6.07, 6.45) is 4.10. The lowest BCUT2D eigenvalue weighted by Crippen LogP contribution is -2.39. The molecule has 9 nitrogen and oxygen atoms in total. The van der Waals surface area contributed by atoms with Gasteiger partial charge in [0, 0.05) is 24.9 Å². The molecule has 174 valence electrons. The van der Waals surface area contributed by atoms with Crippen molar-refractivity contribution in [2.24, 2.45) is 10.8 Å². The molecule has 2 aliphatic rings. The van der Waals surface area contributed by atoms with Gasteiger partial charge in [-0.25, -0.2) is 4.39 Å². The van der Waals surface area contributed by atoms with Crippen LogP contribution in [0.1, 0.15) is 31.5 Å². The second kappa shape index (κ2) is 9.05. The van der Waals surface area contributed by atoms with Crippen LogP contribution in [-0.4, -0.2) is 38.3 Å². The van der Waals surface area contributed by atoms with Gasteiger partial charge >= 0.3 is 0 Å². The number of amides is 2. The van der Waals surface area contributed by atoms with Gasteiger partial charge in [0.25, 0.3) is 5.91 Å². The fraction of sp³-hybridized carbons (Fsp3) is 0.292. The van der Waals surface area contributed by atoms with Crippen LogP contribution >= 0.6 is 0 Å². The van der Waals surface area contributed by atoms with Crippen LogP contribution in [0.3, 0.4) is 0 Å². The van der Waals surface area contributed by atoms with E-state index in [1.807, 2.05) is 6.07 Å². The summed E-state index contributed by atoms with van der Waals surface area (Å²) in [5.41, 5.74) is 6.93. The molecule has 0 aliphatic carbocycles. The van der Waals surface area contributed by atoms with Gasteiger partial charge in [-0.15, -0.1) is 10.2 Å². The van der Waals surface area contributed by atoms with Gasteiger partial charge in [-0.3, -0.25) is 14.6 Å². The Kier molecular flexibility index (Phi) is 5.79. The molecule has 1 unspecified atom stereocenters. The van der Waals surface area contributed by atoms with Crippen molar-refractivity contribution in [3.63, 3.8) is 0 Å². The fourth-order valence-corrected chi connectivity index (χ4v) is 4.34. The molecule has 0 fully saturated rings. The van der Waals surface area contributed by atoms with Gasteiger partial charge in [0.2, 0.25) is 5.91 Å². The van der Waals surface area contributed by atoms with E-state index in [0.717, 1.165) is 38.1 Å². The summed E-state index contributed by atoms with van der Waals surface area (Å²) >= 11 is 0. The molecule has 34 heavy (non-hydrogen) atoms. The Morgan fingerprint density at radius 2 is 1.88 bits per heavy atom. The number of primary amides is 1. The third-order valence-corrected chi connectivity index (χ3v) is 6.10. The van der Waals surface area contributed by atoms with Crippen LogP contribution in [0.5, 0.6) is 0 Å². The lowest BCUT2D eigenvalue weighted by Gasteiger charge is -2.20. The Balaban J connectivity index is 1.40. The Hall–Kier alpha value is -4.08. The van der Waals surface area contributed by atoms with Gasteiger partial charge in [-0.2, -0.15) is 5.10 Å². The first-order chi connectivity index (χ1) is 16.5. The maximum atomic E-state index is 14.6. The van der Waals surface area contributed by atoms with Crippen LogP contribution in [0.25, 0.3) is 11.4 Å². The highest BCUT2D eigenvalue weighted by Crippen LogP contribution is 2.28. The van der Waals surface area contributed by atoms with Crippen LogP contribution < -0.4 is 16.1 Å². The van der Waals surface area contributed by atoms with Crippen LogP contribution in [0, 0.1) is 5.82 Å². The number of hydrogen-bond donors (Lipinski definition) is 2. The van der Waals surface area contributed by atoms with E-state index >= 15 is 0 Å². The summed E-state index contributed by atoms with van der Waals surface area (Å²) < 4.78 is 16.7. The minimum atomic E-state index is -0.800. The van der Waals surface area contributed by atoms with E-state index in [2.05, 4.69) is 25.2 Å². The van der Waals surface area contributed by atoms with Gasteiger partial charge in [0.05, 0.1) is 11.4 Å². The van der Waals surface area contributed by atoms with E-state index in [4.69, 9.17) is 5.73 Å². The summed E-state index contributed by atoms with van der Waals surface area (Å²) in [5, 5.41) is 16.9. The Bertz CT molecular complexity index is 1270. The van der Waals surface area contributed by atoms with Crippen LogP contribution in [0.2, 0.25) is 0 Å². The van der Waals surface area contributed by atoms with Gasteiger partial charge in [-0.1, -0.05) is 24.6 Å². The molecule has 3 heterocycles. The number of hydrazone groups is 1. The molecular weight excluding hydrogens is 437 g/mol. The van der Waals surface area contributed by atoms with Crippen LogP contribution in [-0.2, 0) is 22.6 Å². The SMILES string of the molecule is NC(=O)C1CC(C(=O)Nc2cc(-c3nnc4n3CCCCC4)ccc2F)=NN1c1ccccc1. The lowest BCUT2D eigenvalue weighted by molar-refractivity contribution is -0.119. The number of nitrogens with zero attached hydrogens (tertiary/aromatic N) is 5. The number of fused-ring (bicyclic) bond motifs is 1. The largest absolute Gasteiger partial charge is 0.368 e. The molecule has 1 atom stereocenters. The Morgan fingerprint density at radius 1 is 1.06 bits per heavy atom. The highest BCUT2D eigenvalue weighted by atomic mass is 19.1. The second-order valence-corrected chi connectivity index (χ2v) is 8.40. The van der Waals surface area contributed by atoms with Crippen molar-refractivity contribution in [2.75, 3.05) is 10.3 Å². The van der Waals surface area contributed by atoms with Gasteiger partial charge in [0.1, 0.15) is 23.4 Å². The molecule has 2 aliphatic heterocycles. The minimum Gasteiger partial charge on any atom is -0.368 e. The Morgan fingerprint density at radius 3 is 2.68 bits per heavy atom. The van der Waals surface area contributed by atoms with Crippen molar-refractivity contribution in [1.29, 1.82) is 0 Å². The molecule has 1 aromatic heterocycles. The second-order valence-electron chi connectivity index (χ2n) is 8.40. The highest BCUT2D eigenvalue weighted by Gasteiger charge is 2.35. The number of aryl methyl sites for hydroxylation is 1. The number of carbonyl (C=O) groups excluding carboxylic acids is 2. The molecule has 2 amide bonds. The van der Waals surface area contributed by atoms with Crippen LogP contribution in [0.4, 0.5) is 15.8 Å². The number of benzene rings is 2. The quantitative estimate of drug-likeness (QED) is 0.606. The van der Waals surface area contributed by atoms with E-state index in [1.165, 1.54) is 11.1 Å². The topological polar surface area (TPSA) is 118 Å². The zero-order valence-electron chi connectivity index (χ0n) is 18.4. The highest BCUT2D eigenvalue weighted by molar-refractivity contribution is 6.44. The van der Waals surface area contributed by atoms with Gasteiger partial charge < -0.3 is 15.6 Å². The standard InChI is InChI=1S/C24H24FN7O2/c25-17-11-10-15(23-29-28-21-9-5-2-6-12-31(21)23)13-18(17)27-24(34)19-14-20(22(26)33)32(30-19)16-7-3-1-4-8-16/h1,3-4,7-8,10-11,13,20H,2,5-6,9,12,14H2,(H2,26,33)(H,27,34). The first-order valence-corrected chi connectivity index (χ1v) is 11.3. The van der Waals surface area contributed by atoms with Crippen molar-refractivity contribution in [1.82, 2.24) is 14.8 Å². The third-order valence-electron chi connectivity index (χ3n) is 6.10. The predicted molar refractivity (Wildman–Crippen MR) is 126 cm³/mol. The van der Waals surface area contributed by atoms with E-state index in [0.29, 0.717) is 17.1 Å². The molecule has 0 radical (unpaired) electrons. The smallest absolute Gasteiger partial charge is 0.272 e. The molecule has 0 saturated carbocycles. The normalized spacial score (nSPS) is 17.6. The first-order valence-electron chi connectivity index (χ1n) is 11.3. The van der Waals surface area contributed by atoms with Crippen molar-refractivity contribution >= 4 is 28.9 Å². The number of rotatable bonds is 5. The summed E-state index contributed by atoms with van der Waals surface area (Å²) in [4.78, 5) is 25.0. The summed E-state index contributed by atoms with van der Waals surface area (Å²) in [6.45, 7) is 0.803. The van der Waals surface area contributed by atoms with Crippen molar-refractivity contribution in [2.45, 2.75) is 44.7 Å². The minimum absolute atomic E-state index is 0.00459. The zero-order valence-corrected chi connectivity index (χ0v) is 18.4. The average molecular weight is 462 g/mol. The van der Waals surface area contributed by atoms with E-state index in [1.54, 1.807) is 36.4 Å². The molecule has 3 aromatic rings. The lowest BCUT2D eigenvalue weighted by atomic mass is 10.1. The molecule has 3 N–H and O–H groups in total. The number of para-hydroxylation sites is 1.